The lowest BCUT2D eigenvalue weighted by atomic mass is 10.0. The Kier molecular flexibility index (Phi) is 4.13. The van der Waals surface area contributed by atoms with Crippen molar-refractivity contribution in [3.05, 3.63) is 69.1 Å². The Morgan fingerprint density at radius 1 is 1.20 bits per heavy atom. The van der Waals surface area contributed by atoms with Crippen LogP contribution in [0.15, 0.2) is 57.9 Å². The fraction of sp³-hybridized carbons (Fsp3) is 0.211. The zero-order valence-electron chi connectivity index (χ0n) is 13.5. The number of halogens is 1. The summed E-state index contributed by atoms with van der Waals surface area (Å²) in [5, 5.41) is 0. The van der Waals surface area contributed by atoms with Gasteiger partial charge in [-0.15, -0.1) is 0 Å². The number of hydrogen-bond acceptors (Lipinski definition) is 3. The van der Waals surface area contributed by atoms with E-state index in [1.54, 1.807) is 4.90 Å². The van der Waals surface area contributed by atoms with Crippen LogP contribution in [0.4, 0.5) is 5.69 Å². The van der Waals surface area contributed by atoms with Gasteiger partial charge in [0.15, 0.2) is 0 Å². The number of carbonyl (C=O) groups is 1. The SMILES string of the molecule is O=C(Cn1c(=O)cnc2ccccc21)N1CCCc2cc(Br)ccc21. The van der Waals surface area contributed by atoms with E-state index in [0.717, 1.165) is 28.6 Å². The van der Waals surface area contributed by atoms with Crippen molar-refractivity contribution < 1.29 is 4.79 Å². The molecule has 0 saturated heterocycles. The van der Waals surface area contributed by atoms with Gasteiger partial charge in [-0.25, -0.2) is 4.98 Å². The van der Waals surface area contributed by atoms with Crippen molar-refractivity contribution in [2.45, 2.75) is 19.4 Å². The number of aryl methyl sites for hydroxylation is 1. The average molecular weight is 398 g/mol. The minimum Gasteiger partial charge on any atom is -0.311 e. The van der Waals surface area contributed by atoms with Gasteiger partial charge in [-0.1, -0.05) is 28.1 Å². The van der Waals surface area contributed by atoms with Crippen LogP contribution in [0.2, 0.25) is 0 Å². The van der Waals surface area contributed by atoms with Crippen molar-refractivity contribution in [2.24, 2.45) is 0 Å². The topological polar surface area (TPSA) is 55.2 Å². The Bertz CT molecular complexity index is 1030. The van der Waals surface area contributed by atoms with E-state index in [-0.39, 0.29) is 18.0 Å². The molecule has 126 valence electrons. The molecular formula is C19H16BrN3O2. The predicted molar refractivity (Wildman–Crippen MR) is 101 cm³/mol. The highest BCUT2D eigenvalue weighted by Crippen LogP contribution is 2.30. The van der Waals surface area contributed by atoms with Crippen molar-refractivity contribution in [2.75, 3.05) is 11.4 Å². The molecule has 0 atom stereocenters. The number of rotatable bonds is 2. The maximum absolute atomic E-state index is 12.9. The fourth-order valence-corrected chi connectivity index (χ4v) is 3.73. The normalized spacial score (nSPS) is 13.7. The number of benzene rings is 2. The summed E-state index contributed by atoms with van der Waals surface area (Å²) < 4.78 is 2.51. The first kappa shape index (κ1) is 16.0. The molecule has 1 amide bonds. The van der Waals surface area contributed by atoms with Crippen LogP contribution in [-0.2, 0) is 17.8 Å². The Labute approximate surface area is 153 Å². The molecular weight excluding hydrogens is 382 g/mol. The standard InChI is InChI=1S/C19H16BrN3O2/c20-14-7-8-16-13(10-14)4-3-9-22(16)19(25)12-23-17-6-2-1-5-15(17)21-11-18(23)24/h1-2,5-8,10-11H,3-4,9,12H2. The van der Waals surface area contributed by atoms with Crippen molar-refractivity contribution >= 4 is 38.6 Å². The van der Waals surface area contributed by atoms with E-state index in [4.69, 9.17) is 0 Å². The summed E-state index contributed by atoms with van der Waals surface area (Å²) in [6.45, 7) is 0.683. The van der Waals surface area contributed by atoms with E-state index >= 15 is 0 Å². The van der Waals surface area contributed by atoms with Crippen LogP contribution < -0.4 is 10.5 Å². The summed E-state index contributed by atoms with van der Waals surface area (Å²) in [7, 11) is 0. The number of carbonyl (C=O) groups excluding carboxylic acids is 1. The van der Waals surface area contributed by atoms with Gasteiger partial charge >= 0.3 is 0 Å². The molecule has 3 aromatic rings. The molecule has 2 heterocycles. The number of hydrogen-bond donors (Lipinski definition) is 0. The molecule has 0 saturated carbocycles. The lowest BCUT2D eigenvalue weighted by molar-refractivity contribution is -0.119. The van der Waals surface area contributed by atoms with Gasteiger partial charge in [0.2, 0.25) is 5.91 Å². The van der Waals surface area contributed by atoms with E-state index in [1.165, 1.54) is 10.8 Å². The number of para-hydroxylation sites is 2. The highest BCUT2D eigenvalue weighted by atomic mass is 79.9. The summed E-state index contributed by atoms with van der Waals surface area (Å²) in [6, 6.07) is 13.3. The molecule has 0 radical (unpaired) electrons. The number of aromatic nitrogens is 2. The summed E-state index contributed by atoms with van der Waals surface area (Å²) in [6.07, 6.45) is 3.15. The third kappa shape index (κ3) is 2.98. The maximum Gasteiger partial charge on any atom is 0.269 e. The van der Waals surface area contributed by atoms with Gasteiger partial charge in [0.05, 0.1) is 17.2 Å². The van der Waals surface area contributed by atoms with Gasteiger partial charge in [0, 0.05) is 16.7 Å². The van der Waals surface area contributed by atoms with E-state index in [9.17, 15) is 9.59 Å². The third-order valence-electron chi connectivity index (χ3n) is 4.51. The van der Waals surface area contributed by atoms with Crippen molar-refractivity contribution in [3.63, 3.8) is 0 Å². The van der Waals surface area contributed by atoms with Crippen molar-refractivity contribution in [1.82, 2.24) is 9.55 Å². The van der Waals surface area contributed by atoms with Gasteiger partial charge in [-0.2, -0.15) is 0 Å². The quantitative estimate of drug-likeness (QED) is 0.667. The zero-order chi connectivity index (χ0) is 17.4. The van der Waals surface area contributed by atoms with Gasteiger partial charge in [-0.3, -0.25) is 14.2 Å². The van der Waals surface area contributed by atoms with E-state index in [1.807, 2.05) is 36.4 Å². The van der Waals surface area contributed by atoms with Crippen LogP contribution in [-0.4, -0.2) is 22.0 Å². The maximum atomic E-state index is 12.9. The minimum absolute atomic E-state index is 0.0113. The molecule has 0 fully saturated rings. The smallest absolute Gasteiger partial charge is 0.269 e. The van der Waals surface area contributed by atoms with Gasteiger partial charge in [0.1, 0.15) is 6.54 Å². The second kappa shape index (κ2) is 6.44. The summed E-state index contributed by atoms with van der Waals surface area (Å²) in [5.41, 5.74) is 3.21. The predicted octanol–water partition coefficient (Wildman–Crippen LogP) is 3.14. The largest absolute Gasteiger partial charge is 0.311 e. The van der Waals surface area contributed by atoms with E-state index in [2.05, 4.69) is 27.0 Å². The highest BCUT2D eigenvalue weighted by Gasteiger charge is 2.23. The summed E-state index contributed by atoms with van der Waals surface area (Å²) in [5.74, 6) is -0.0817. The number of nitrogens with zero attached hydrogens (tertiary/aromatic N) is 3. The molecule has 6 heteroatoms. The Morgan fingerprint density at radius 2 is 2.04 bits per heavy atom. The van der Waals surface area contributed by atoms with E-state index in [0.29, 0.717) is 17.6 Å². The highest BCUT2D eigenvalue weighted by molar-refractivity contribution is 9.10. The molecule has 5 nitrogen and oxygen atoms in total. The molecule has 0 aliphatic carbocycles. The molecule has 25 heavy (non-hydrogen) atoms. The van der Waals surface area contributed by atoms with Gasteiger partial charge in [0.25, 0.3) is 5.56 Å². The molecule has 1 aromatic heterocycles. The van der Waals surface area contributed by atoms with Crippen molar-refractivity contribution in [3.8, 4) is 0 Å². The first-order valence-electron chi connectivity index (χ1n) is 8.17. The molecule has 0 N–H and O–H groups in total. The van der Waals surface area contributed by atoms with E-state index < -0.39 is 0 Å². The first-order chi connectivity index (χ1) is 12.1. The molecule has 0 spiro atoms. The third-order valence-corrected chi connectivity index (χ3v) is 5.00. The van der Waals surface area contributed by atoms with Crippen LogP contribution in [0.3, 0.4) is 0 Å². The molecule has 1 aliphatic rings. The molecule has 0 unspecified atom stereocenters. The summed E-state index contributed by atoms with van der Waals surface area (Å²) >= 11 is 3.48. The Hall–Kier alpha value is -2.47. The van der Waals surface area contributed by atoms with Gasteiger partial charge in [-0.05, 0) is 48.7 Å². The fourth-order valence-electron chi connectivity index (χ4n) is 3.32. The van der Waals surface area contributed by atoms with Crippen LogP contribution in [0.1, 0.15) is 12.0 Å². The zero-order valence-corrected chi connectivity index (χ0v) is 15.1. The molecule has 4 rings (SSSR count). The van der Waals surface area contributed by atoms with Crippen LogP contribution >= 0.6 is 15.9 Å². The second-order valence-electron chi connectivity index (χ2n) is 6.09. The number of anilines is 1. The first-order valence-corrected chi connectivity index (χ1v) is 8.96. The molecule has 2 aromatic carbocycles. The average Bonchev–Trinajstić information content (AvgIpc) is 2.63. The lowest BCUT2D eigenvalue weighted by Gasteiger charge is -2.30. The van der Waals surface area contributed by atoms with Crippen LogP contribution in [0, 0.1) is 0 Å². The Morgan fingerprint density at radius 3 is 2.92 bits per heavy atom. The second-order valence-corrected chi connectivity index (χ2v) is 7.01. The van der Waals surface area contributed by atoms with Crippen molar-refractivity contribution in [1.29, 1.82) is 0 Å². The molecule has 1 aliphatic heterocycles. The van der Waals surface area contributed by atoms with Crippen LogP contribution in [0.5, 0.6) is 0 Å². The monoisotopic (exact) mass is 397 g/mol. The minimum atomic E-state index is -0.264. The molecule has 0 bridgehead atoms. The number of amides is 1. The van der Waals surface area contributed by atoms with Gasteiger partial charge < -0.3 is 4.90 Å². The Balaban J connectivity index is 1.71. The summed E-state index contributed by atoms with van der Waals surface area (Å²) in [4.78, 5) is 31.1. The van der Waals surface area contributed by atoms with Crippen LogP contribution in [0.25, 0.3) is 11.0 Å². The lowest BCUT2D eigenvalue weighted by Crippen LogP contribution is -2.39. The number of fused-ring (bicyclic) bond motifs is 2.